The maximum absolute atomic E-state index is 9.10. The molecular formula is C20H29N3O3. The zero-order valence-electron chi connectivity index (χ0n) is 15.5. The lowest BCUT2D eigenvalue weighted by Gasteiger charge is -2.40. The summed E-state index contributed by atoms with van der Waals surface area (Å²) in [6, 6.07) is 11.1. The van der Waals surface area contributed by atoms with Crippen LogP contribution in [0.5, 0.6) is 0 Å². The van der Waals surface area contributed by atoms with Gasteiger partial charge in [0.15, 0.2) is 0 Å². The van der Waals surface area contributed by atoms with Crippen molar-refractivity contribution in [1.82, 2.24) is 9.80 Å². The molecule has 6 heteroatoms. The largest absolute Gasteiger partial charge is 0.492 e. The van der Waals surface area contributed by atoms with E-state index in [9.17, 15) is 0 Å². The number of allylic oxidation sites excluding steroid dienone is 1. The van der Waals surface area contributed by atoms with Crippen LogP contribution in [0.25, 0.3) is 0 Å². The number of likely N-dealkylation sites (tertiary alicyclic amines) is 1. The molecule has 0 saturated carbocycles. The molecule has 1 aromatic rings. The van der Waals surface area contributed by atoms with E-state index in [1.165, 1.54) is 5.56 Å². The van der Waals surface area contributed by atoms with Gasteiger partial charge in [0.25, 0.3) is 0 Å². The summed E-state index contributed by atoms with van der Waals surface area (Å²) in [4.78, 5) is 4.44. The van der Waals surface area contributed by atoms with Gasteiger partial charge in [-0.2, -0.15) is 0 Å². The number of piperidine rings is 1. The van der Waals surface area contributed by atoms with Crippen LogP contribution in [-0.2, 0) is 16.1 Å². The van der Waals surface area contributed by atoms with Gasteiger partial charge in [0.2, 0.25) is 0 Å². The number of amidine groups is 1. The van der Waals surface area contributed by atoms with Gasteiger partial charge in [-0.15, -0.1) is 0 Å². The van der Waals surface area contributed by atoms with Crippen molar-refractivity contribution in [3.8, 4) is 0 Å². The highest BCUT2D eigenvalue weighted by Crippen LogP contribution is 2.24. The van der Waals surface area contributed by atoms with E-state index in [-0.39, 0.29) is 0 Å². The Morgan fingerprint density at radius 3 is 2.65 bits per heavy atom. The van der Waals surface area contributed by atoms with Gasteiger partial charge in [0, 0.05) is 38.3 Å². The van der Waals surface area contributed by atoms with E-state index in [1.54, 1.807) is 0 Å². The van der Waals surface area contributed by atoms with Gasteiger partial charge in [-0.1, -0.05) is 30.3 Å². The van der Waals surface area contributed by atoms with Crippen LogP contribution >= 0.6 is 0 Å². The molecule has 1 N–H and O–H groups in total. The lowest BCUT2D eigenvalue weighted by Crippen LogP contribution is -2.46. The third-order valence-corrected chi connectivity index (χ3v) is 4.98. The molecule has 2 aliphatic heterocycles. The van der Waals surface area contributed by atoms with Gasteiger partial charge in [-0.25, -0.2) is 0 Å². The highest BCUT2D eigenvalue weighted by molar-refractivity contribution is 5.73. The Morgan fingerprint density at radius 1 is 1.19 bits per heavy atom. The molecule has 0 spiro atoms. The first-order valence-corrected chi connectivity index (χ1v) is 9.53. The predicted molar refractivity (Wildman–Crippen MR) is 101 cm³/mol. The molecule has 0 aliphatic carbocycles. The molecule has 26 heavy (non-hydrogen) atoms. The molecule has 0 bridgehead atoms. The maximum Gasteiger partial charge on any atom is 0.326 e. The van der Waals surface area contributed by atoms with Crippen molar-refractivity contribution < 1.29 is 14.7 Å². The van der Waals surface area contributed by atoms with Gasteiger partial charge in [0.1, 0.15) is 12.4 Å². The molecule has 0 atom stereocenters. The summed E-state index contributed by atoms with van der Waals surface area (Å²) in [5.74, 6) is 1.08. The summed E-state index contributed by atoms with van der Waals surface area (Å²) in [5, 5.41) is 12.4. The first kappa shape index (κ1) is 18.4. The summed E-state index contributed by atoms with van der Waals surface area (Å²) < 4.78 is 11.4. The Hall–Kier alpha value is -2.37. The van der Waals surface area contributed by atoms with Crippen molar-refractivity contribution in [3.63, 3.8) is 0 Å². The number of hydrogen-bond donors (Lipinski definition) is 1. The molecule has 0 aromatic heterocycles. The number of ether oxygens (including phenoxy) is 2. The third-order valence-electron chi connectivity index (χ3n) is 4.98. The molecule has 1 saturated heterocycles. The fourth-order valence-corrected chi connectivity index (χ4v) is 3.60. The molecule has 0 radical (unpaired) electrons. The average Bonchev–Trinajstić information content (AvgIpc) is 2.72. The van der Waals surface area contributed by atoms with E-state index < -0.39 is 0 Å². The minimum atomic E-state index is 0.340. The van der Waals surface area contributed by atoms with Crippen LogP contribution in [0.2, 0.25) is 0 Å². The zero-order valence-corrected chi connectivity index (χ0v) is 15.5. The Morgan fingerprint density at radius 2 is 1.96 bits per heavy atom. The zero-order chi connectivity index (χ0) is 18.2. The molecule has 1 fully saturated rings. The lowest BCUT2D eigenvalue weighted by atomic mass is 10.0. The predicted octanol–water partition coefficient (Wildman–Crippen LogP) is 3.39. The molecular weight excluding hydrogens is 330 g/mol. The number of oxime groups is 1. The second-order valence-electron chi connectivity index (χ2n) is 6.74. The molecule has 2 aliphatic rings. The van der Waals surface area contributed by atoms with Crippen molar-refractivity contribution in [3.05, 3.63) is 47.9 Å². The first-order valence-electron chi connectivity index (χ1n) is 9.53. The number of hydrogen-bond acceptors (Lipinski definition) is 5. The average molecular weight is 359 g/mol. The lowest BCUT2D eigenvalue weighted by molar-refractivity contribution is 0.120. The van der Waals surface area contributed by atoms with Crippen LogP contribution in [-0.4, -0.2) is 53.3 Å². The van der Waals surface area contributed by atoms with E-state index in [2.05, 4.69) is 28.4 Å². The van der Waals surface area contributed by atoms with Gasteiger partial charge < -0.3 is 24.5 Å². The highest BCUT2D eigenvalue weighted by atomic mass is 16.5. The van der Waals surface area contributed by atoms with Gasteiger partial charge in [-0.3, -0.25) is 0 Å². The number of nitrogens with zero attached hydrogens (tertiary/aromatic N) is 3. The van der Waals surface area contributed by atoms with E-state index in [1.807, 2.05) is 30.0 Å². The van der Waals surface area contributed by atoms with E-state index in [4.69, 9.17) is 14.7 Å². The van der Waals surface area contributed by atoms with Crippen LogP contribution in [0, 0.1) is 0 Å². The summed E-state index contributed by atoms with van der Waals surface area (Å²) in [6.07, 6.45) is 6.39. The summed E-state index contributed by atoms with van der Waals surface area (Å²) in [5.41, 5.74) is 1.20. The summed E-state index contributed by atoms with van der Waals surface area (Å²) in [6.45, 7) is 5.80. The fourth-order valence-electron chi connectivity index (χ4n) is 3.60. The molecule has 3 rings (SSSR count). The molecule has 6 nitrogen and oxygen atoms in total. The molecule has 142 valence electrons. The molecule has 1 aromatic carbocycles. The third kappa shape index (κ3) is 4.84. The summed E-state index contributed by atoms with van der Waals surface area (Å²) in [7, 11) is 0. The smallest absolute Gasteiger partial charge is 0.326 e. The van der Waals surface area contributed by atoms with Gasteiger partial charge in [0.05, 0.1) is 6.61 Å². The van der Waals surface area contributed by atoms with Crippen LogP contribution in [0.1, 0.15) is 38.2 Å². The van der Waals surface area contributed by atoms with Crippen molar-refractivity contribution in [1.29, 1.82) is 0 Å². The Balaban J connectivity index is 1.51. The first-order chi connectivity index (χ1) is 12.8. The van der Waals surface area contributed by atoms with Crippen molar-refractivity contribution in [2.24, 2.45) is 5.16 Å². The molecule has 0 amide bonds. The van der Waals surface area contributed by atoms with Gasteiger partial charge >= 0.3 is 6.02 Å². The quantitative estimate of drug-likeness (QED) is 0.378. The van der Waals surface area contributed by atoms with Crippen LogP contribution in [0.15, 0.2) is 47.4 Å². The monoisotopic (exact) mass is 359 g/mol. The second kappa shape index (κ2) is 9.36. The normalized spacial score (nSPS) is 19.3. The summed E-state index contributed by atoms with van der Waals surface area (Å²) >= 11 is 0. The Labute approximate surface area is 155 Å². The van der Waals surface area contributed by atoms with E-state index >= 15 is 0 Å². The maximum atomic E-state index is 9.10. The van der Waals surface area contributed by atoms with Gasteiger partial charge in [-0.05, 0) is 36.9 Å². The van der Waals surface area contributed by atoms with Crippen molar-refractivity contribution in [2.45, 2.75) is 45.3 Å². The SMILES string of the molecule is CCOC(=NO)N1CCC(N2C=C(OCc3ccccc3)CCC2)CC1. The fraction of sp³-hybridized carbons (Fsp3) is 0.550. The standard InChI is InChI=1S/C20H29N3O3/c1-2-25-20(21-24)22-13-10-18(11-14-22)23-12-6-9-19(15-23)26-16-17-7-4-3-5-8-17/h3-5,7-8,15,18,24H,2,6,9-14,16H2,1H3. The number of rotatable bonds is 5. The topological polar surface area (TPSA) is 57.5 Å². The van der Waals surface area contributed by atoms with Crippen LogP contribution in [0.3, 0.4) is 0 Å². The Kier molecular flexibility index (Phi) is 6.63. The molecule has 2 heterocycles. The minimum Gasteiger partial charge on any atom is -0.492 e. The van der Waals surface area contributed by atoms with Crippen LogP contribution in [0.4, 0.5) is 0 Å². The van der Waals surface area contributed by atoms with Crippen LogP contribution < -0.4 is 0 Å². The van der Waals surface area contributed by atoms with E-state index in [0.717, 1.165) is 51.1 Å². The number of benzene rings is 1. The minimum absolute atomic E-state index is 0.340. The second-order valence-corrected chi connectivity index (χ2v) is 6.74. The van der Waals surface area contributed by atoms with Crippen molar-refractivity contribution in [2.75, 3.05) is 26.2 Å². The molecule has 0 unspecified atom stereocenters. The highest BCUT2D eigenvalue weighted by Gasteiger charge is 2.27. The van der Waals surface area contributed by atoms with Crippen molar-refractivity contribution >= 4 is 6.02 Å². The Bertz CT molecular complexity index is 610. The van der Waals surface area contributed by atoms with E-state index in [0.29, 0.717) is 25.3 Å².